The quantitative estimate of drug-likeness (QED) is 0.223. The molecule has 1 N–H and O–H groups in total. The maximum Gasteiger partial charge on any atom is 0.128 e. The van der Waals surface area contributed by atoms with E-state index in [1.165, 1.54) is 0 Å². The van der Waals surface area contributed by atoms with E-state index in [9.17, 15) is 5.11 Å². The Balaban J connectivity index is 1.88. The Bertz CT molecular complexity index is 1340. The highest BCUT2D eigenvalue weighted by atomic mass is 16.3. The third kappa shape index (κ3) is 2.66. The van der Waals surface area contributed by atoms with E-state index in [1.54, 1.807) is 0 Å². The number of unbranched alkanes of at least 4 members (excludes halogenated alkanes) is 2. The zero-order valence-corrected chi connectivity index (χ0v) is 15.9. The Hall–Kier alpha value is -3.20. The lowest BCUT2D eigenvalue weighted by Crippen LogP contribution is -1.97. The van der Waals surface area contributed by atoms with Crippen LogP contribution in [0.4, 0.5) is 0 Å². The molecule has 0 amide bonds. The van der Waals surface area contributed by atoms with Crippen molar-refractivity contribution in [3.05, 3.63) is 66.2 Å². The molecule has 1 aromatic heterocycles. The molecule has 0 unspecified atom stereocenters. The van der Waals surface area contributed by atoms with Crippen LogP contribution in [-0.2, 0) is 6.42 Å². The predicted molar refractivity (Wildman–Crippen MR) is 117 cm³/mol. The van der Waals surface area contributed by atoms with Crippen LogP contribution in [0.1, 0.15) is 31.7 Å². The summed E-state index contributed by atoms with van der Waals surface area (Å²) in [5, 5.41) is 15.2. The fourth-order valence-corrected chi connectivity index (χ4v) is 4.10. The van der Waals surface area contributed by atoms with Gasteiger partial charge < -0.3 is 5.11 Å². The van der Waals surface area contributed by atoms with Crippen LogP contribution in [0.15, 0.2) is 60.7 Å². The minimum absolute atomic E-state index is 0.355. The second kappa shape index (κ2) is 6.75. The number of phenolic OH excluding ortho intramolecular Hbond substituents is 1. The van der Waals surface area contributed by atoms with Crippen molar-refractivity contribution in [1.82, 2.24) is 9.97 Å². The van der Waals surface area contributed by atoms with Gasteiger partial charge in [-0.3, -0.25) is 0 Å². The number of hydrogen-bond donors (Lipinski definition) is 1. The van der Waals surface area contributed by atoms with Crippen molar-refractivity contribution in [2.24, 2.45) is 0 Å². The molecular formula is C25H22N2O. The average molecular weight is 366 g/mol. The molecule has 0 saturated heterocycles. The molecule has 0 atom stereocenters. The fraction of sp³-hybridized carbons (Fsp3) is 0.200. The smallest absolute Gasteiger partial charge is 0.128 e. The second-order valence-corrected chi connectivity index (χ2v) is 7.44. The Morgan fingerprint density at radius 3 is 2.04 bits per heavy atom. The first-order chi connectivity index (χ1) is 13.8. The number of rotatable bonds is 4. The zero-order chi connectivity index (χ0) is 19.1. The van der Waals surface area contributed by atoms with Crippen molar-refractivity contribution in [3.63, 3.8) is 0 Å². The molecule has 138 valence electrons. The zero-order valence-electron chi connectivity index (χ0n) is 15.9. The Labute approximate surface area is 163 Å². The number of aromatic nitrogens is 2. The van der Waals surface area contributed by atoms with E-state index in [-0.39, 0.29) is 0 Å². The molecule has 28 heavy (non-hydrogen) atoms. The normalized spacial score (nSPS) is 11.8. The van der Waals surface area contributed by atoms with Gasteiger partial charge in [0.1, 0.15) is 5.75 Å². The van der Waals surface area contributed by atoms with Crippen LogP contribution in [0.3, 0.4) is 0 Å². The molecule has 0 radical (unpaired) electrons. The van der Waals surface area contributed by atoms with Gasteiger partial charge in [0.25, 0.3) is 0 Å². The van der Waals surface area contributed by atoms with E-state index in [4.69, 9.17) is 9.97 Å². The van der Waals surface area contributed by atoms with Gasteiger partial charge in [-0.1, -0.05) is 68.3 Å². The Morgan fingerprint density at radius 1 is 0.750 bits per heavy atom. The predicted octanol–water partition coefficient (Wildman–Crippen LogP) is 6.53. The van der Waals surface area contributed by atoms with Crippen molar-refractivity contribution in [2.45, 2.75) is 32.6 Å². The number of nitrogens with zero attached hydrogens (tertiary/aromatic N) is 2. The molecule has 3 heteroatoms. The van der Waals surface area contributed by atoms with E-state index in [0.29, 0.717) is 5.75 Å². The third-order valence-electron chi connectivity index (χ3n) is 5.57. The first kappa shape index (κ1) is 16.9. The highest BCUT2D eigenvalue weighted by molar-refractivity contribution is 6.11. The summed E-state index contributed by atoms with van der Waals surface area (Å²) in [6.45, 7) is 2.19. The number of fused-ring (bicyclic) bond motifs is 5. The molecular weight excluding hydrogens is 344 g/mol. The average Bonchev–Trinajstić information content (AvgIpc) is 2.73. The minimum atomic E-state index is 0.355. The largest absolute Gasteiger partial charge is 0.507 e. The molecule has 0 fully saturated rings. The Kier molecular flexibility index (Phi) is 4.09. The van der Waals surface area contributed by atoms with E-state index in [2.05, 4.69) is 31.2 Å². The molecule has 0 bridgehead atoms. The number of hydrogen-bond acceptors (Lipinski definition) is 3. The SMILES string of the molecule is CCCCCc1c(O)c2ccccc2c2nc3cc4ccccc4cc3nc12. The van der Waals surface area contributed by atoms with Crippen molar-refractivity contribution in [1.29, 1.82) is 0 Å². The van der Waals surface area contributed by atoms with E-state index in [0.717, 1.165) is 74.9 Å². The van der Waals surface area contributed by atoms with E-state index >= 15 is 0 Å². The van der Waals surface area contributed by atoms with Crippen molar-refractivity contribution >= 4 is 43.6 Å². The molecule has 0 aliphatic carbocycles. The molecule has 4 aromatic carbocycles. The first-order valence-corrected chi connectivity index (χ1v) is 9.99. The molecule has 0 spiro atoms. The minimum Gasteiger partial charge on any atom is -0.507 e. The maximum absolute atomic E-state index is 11.0. The van der Waals surface area contributed by atoms with Crippen molar-refractivity contribution in [2.75, 3.05) is 0 Å². The van der Waals surface area contributed by atoms with Gasteiger partial charge in [-0.15, -0.1) is 0 Å². The van der Waals surface area contributed by atoms with Gasteiger partial charge in [-0.25, -0.2) is 9.97 Å². The monoisotopic (exact) mass is 366 g/mol. The third-order valence-corrected chi connectivity index (χ3v) is 5.57. The van der Waals surface area contributed by atoms with Gasteiger partial charge in [-0.2, -0.15) is 0 Å². The molecule has 3 nitrogen and oxygen atoms in total. The van der Waals surface area contributed by atoms with Gasteiger partial charge in [-0.05, 0) is 35.7 Å². The Morgan fingerprint density at radius 2 is 1.36 bits per heavy atom. The van der Waals surface area contributed by atoms with Crippen LogP contribution in [0.25, 0.3) is 43.6 Å². The summed E-state index contributed by atoms with van der Waals surface area (Å²) in [5.41, 5.74) is 4.39. The van der Waals surface area contributed by atoms with Crippen LogP contribution in [-0.4, -0.2) is 15.1 Å². The van der Waals surface area contributed by atoms with Crippen molar-refractivity contribution in [3.8, 4) is 5.75 Å². The summed E-state index contributed by atoms with van der Waals surface area (Å²) < 4.78 is 0. The summed E-state index contributed by atoms with van der Waals surface area (Å²) >= 11 is 0. The molecule has 0 saturated carbocycles. The van der Waals surface area contributed by atoms with Crippen molar-refractivity contribution < 1.29 is 5.11 Å². The first-order valence-electron chi connectivity index (χ1n) is 9.99. The van der Waals surface area contributed by atoms with Gasteiger partial charge >= 0.3 is 0 Å². The van der Waals surface area contributed by atoms with E-state index in [1.807, 2.05) is 36.4 Å². The fourth-order valence-electron chi connectivity index (χ4n) is 4.10. The molecule has 0 aliphatic heterocycles. The second-order valence-electron chi connectivity index (χ2n) is 7.44. The van der Waals surface area contributed by atoms with Gasteiger partial charge in [0.15, 0.2) is 0 Å². The summed E-state index contributed by atoms with van der Waals surface area (Å²) in [6, 6.07) is 20.4. The molecule has 1 heterocycles. The molecule has 5 rings (SSSR count). The summed E-state index contributed by atoms with van der Waals surface area (Å²) in [6.07, 6.45) is 4.13. The van der Waals surface area contributed by atoms with Crippen LogP contribution >= 0.6 is 0 Å². The van der Waals surface area contributed by atoms with Crippen LogP contribution in [0, 0.1) is 0 Å². The maximum atomic E-state index is 11.0. The van der Waals surface area contributed by atoms with Crippen LogP contribution in [0.2, 0.25) is 0 Å². The molecule has 5 aromatic rings. The van der Waals surface area contributed by atoms with Gasteiger partial charge in [0.05, 0.1) is 22.1 Å². The van der Waals surface area contributed by atoms with Crippen LogP contribution in [0.5, 0.6) is 5.75 Å². The van der Waals surface area contributed by atoms with Gasteiger partial charge in [0.2, 0.25) is 0 Å². The topological polar surface area (TPSA) is 46.0 Å². The summed E-state index contributed by atoms with van der Waals surface area (Å²) in [7, 11) is 0. The lowest BCUT2D eigenvalue weighted by Gasteiger charge is -2.13. The van der Waals surface area contributed by atoms with Gasteiger partial charge in [0, 0.05) is 16.3 Å². The summed E-state index contributed by atoms with van der Waals surface area (Å²) in [5.74, 6) is 0.355. The lowest BCUT2D eigenvalue weighted by atomic mass is 9.98. The number of aryl methyl sites for hydroxylation is 1. The standard InChI is InChI=1S/C25H22N2O/c1-2-3-4-13-20-24-23(18-11-7-8-12-19(18)25(20)28)26-21-14-16-9-5-6-10-17(16)15-22(21)27-24/h5-12,14-15,28H,2-4,13H2,1H3. The number of phenols is 1. The highest BCUT2D eigenvalue weighted by Gasteiger charge is 2.16. The number of aromatic hydroxyl groups is 1. The lowest BCUT2D eigenvalue weighted by molar-refractivity contribution is 0.474. The highest BCUT2D eigenvalue weighted by Crippen LogP contribution is 2.37. The van der Waals surface area contributed by atoms with Crippen LogP contribution < -0.4 is 0 Å². The molecule has 0 aliphatic rings. The summed E-state index contributed by atoms with van der Waals surface area (Å²) in [4.78, 5) is 10.0. The number of benzene rings is 4. The van der Waals surface area contributed by atoms with E-state index < -0.39 is 0 Å².